The van der Waals surface area contributed by atoms with Crippen molar-refractivity contribution in [3.63, 3.8) is 0 Å². The molecule has 6 heteroatoms. The van der Waals surface area contributed by atoms with Crippen molar-refractivity contribution < 1.29 is 9.90 Å². The molecule has 0 fully saturated rings. The van der Waals surface area contributed by atoms with Crippen molar-refractivity contribution in [2.75, 3.05) is 0 Å². The molecule has 5 nitrogen and oxygen atoms in total. The van der Waals surface area contributed by atoms with Crippen LogP contribution in [0.3, 0.4) is 0 Å². The van der Waals surface area contributed by atoms with E-state index in [0.29, 0.717) is 5.11 Å². The van der Waals surface area contributed by atoms with Gasteiger partial charge in [0, 0.05) is 5.54 Å². The number of phenolic OH excluding ortho intramolecular Hbond substituents is 1. The fourth-order valence-corrected chi connectivity index (χ4v) is 1.58. The number of hydrogen-bond donors (Lipinski definition) is 4. The molecular formula is C12H17N3O2S. The number of rotatable bonds is 1. The average Bonchev–Trinajstić information content (AvgIpc) is 2.24. The molecule has 0 aliphatic rings. The second-order valence-corrected chi connectivity index (χ2v) is 5.21. The van der Waals surface area contributed by atoms with Gasteiger partial charge in [0.05, 0.1) is 5.56 Å². The summed E-state index contributed by atoms with van der Waals surface area (Å²) in [6, 6.07) is 6.28. The second kappa shape index (κ2) is 5.68. The number of benzene rings is 1. The van der Waals surface area contributed by atoms with Crippen LogP contribution in [0.5, 0.6) is 5.75 Å². The zero-order valence-electron chi connectivity index (χ0n) is 10.6. The first-order chi connectivity index (χ1) is 8.29. The van der Waals surface area contributed by atoms with Crippen molar-refractivity contribution in [1.82, 2.24) is 16.2 Å². The summed E-state index contributed by atoms with van der Waals surface area (Å²) in [5.74, 6) is -0.530. The van der Waals surface area contributed by atoms with Crippen LogP contribution < -0.4 is 16.2 Å². The number of hydrogen-bond acceptors (Lipinski definition) is 3. The lowest BCUT2D eigenvalue weighted by molar-refractivity contribution is 0.0940. The predicted octanol–water partition coefficient (Wildman–Crippen LogP) is 1.30. The minimum absolute atomic E-state index is 0.0773. The van der Waals surface area contributed by atoms with Crippen molar-refractivity contribution in [3.05, 3.63) is 29.8 Å². The maximum Gasteiger partial charge on any atom is 0.273 e. The quantitative estimate of drug-likeness (QED) is 0.456. The predicted molar refractivity (Wildman–Crippen MR) is 74.2 cm³/mol. The molecule has 1 amide bonds. The van der Waals surface area contributed by atoms with Gasteiger partial charge in [0.2, 0.25) is 0 Å². The van der Waals surface area contributed by atoms with Crippen LogP contribution in [0.2, 0.25) is 0 Å². The maximum atomic E-state index is 11.7. The van der Waals surface area contributed by atoms with Gasteiger partial charge in [-0.1, -0.05) is 12.1 Å². The molecule has 1 rings (SSSR count). The Morgan fingerprint density at radius 2 is 1.83 bits per heavy atom. The second-order valence-electron chi connectivity index (χ2n) is 4.80. The van der Waals surface area contributed by atoms with Gasteiger partial charge in [-0.15, -0.1) is 0 Å². The number of phenols is 1. The van der Waals surface area contributed by atoms with E-state index in [9.17, 15) is 9.90 Å². The third-order valence-electron chi connectivity index (χ3n) is 1.93. The normalized spacial score (nSPS) is 10.6. The summed E-state index contributed by atoms with van der Waals surface area (Å²) < 4.78 is 0. The smallest absolute Gasteiger partial charge is 0.273 e. The number of amides is 1. The highest BCUT2D eigenvalue weighted by molar-refractivity contribution is 7.80. The summed E-state index contributed by atoms with van der Waals surface area (Å²) in [5, 5.41) is 12.8. The van der Waals surface area contributed by atoms with E-state index in [0.717, 1.165) is 0 Å². The largest absolute Gasteiger partial charge is 0.507 e. The van der Waals surface area contributed by atoms with Crippen molar-refractivity contribution in [2.45, 2.75) is 26.3 Å². The highest BCUT2D eigenvalue weighted by Gasteiger charge is 2.13. The number of carbonyl (C=O) groups excluding carboxylic acids is 1. The lowest BCUT2D eigenvalue weighted by Crippen LogP contribution is -2.52. The van der Waals surface area contributed by atoms with E-state index in [1.807, 2.05) is 20.8 Å². The van der Waals surface area contributed by atoms with Crippen molar-refractivity contribution in [3.8, 4) is 5.75 Å². The molecule has 0 aliphatic heterocycles. The Labute approximate surface area is 112 Å². The summed E-state index contributed by atoms with van der Waals surface area (Å²) >= 11 is 5.00. The highest BCUT2D eigenvalue weighted by Crippen LogP contribution is 2.14. The van der Waals surface area contributed by atoms with Gasteiger partial charge in [-0.2, -0.15) is 0 Å². The summed E-state index contributed by atoms with van der Waals surface area (Å²) in [7, 11) is 0. The molecule has 0 aromatic heterocycles. The lowest BCUT2D eigenvalue weighted by atomic mass is 10.1. The molecule has 0 radical (unpaired) electrons. The van der Waals surface area contributed by atoms with Crippen molar-refractivity contribution in [1.29, 1.82) is 0 Å². The van der Waals surface area contributed by atoms with E-state index in [1.165, 1.54) is 12.1 Å². The Kier molecular flexibility index (Phi) is 4.49. The van der Waals surface area contributed by atoms with Gasteiger partial charge in [0.15, 0.2) is 5.11 Å². The molecule has 0 saturated carbocycles. The van der Waals surface area contributed by atoms with E-state index in [-0.39, 0.29) is 16.9 Å². The molecule has 0 atom stereocenters. The first kappa shape index (κ1) is 14.2. The minimum atomic E-state index is -0.453. The van der Waals surface area contributed by atoms with E-state index >= 15 is 0 Å². The molecule has 0 unspecified atom stereocenters. The summed E-state index contributed by atoms with van der Waals surface area (Å²) in [5.41, 5.74) is 4.98. The fraction of sp³-hybridized carbons (Fsp3) is 0.333. The molecule has 4 N–H and O–H groups in total. The van der Waals surface area contributed by atoms with Crippen LogP contribution in [0.1, 0.15) is 31.1 Å². The van der Waals surface area contributed by atoms with Crippen LogP contribution >= 0.6 is 12.2 Å². The Balaban J connectivity index is 2.52. The molecule has 1 aromatic carbocycles. The fourth-order valence-electron chi connectivity index (χ4n) is 1.22. The number of nitrogens with one attached hydrogen (secondary N) is 3. The molecule has 0 aliphatic carbocycles. The molecular weight excluding hydrogens is 250 g/mol. The first-order valence-electron chi connectivity index (χ1n) is 5.46. The average molecular weight is 267 g/mol. The zero-order chi connectivity index (χ0) is 13.8. The van der Waals surface area contributed by atoms with E-state index in [4.69, 9.17) is 12.2 Å². The molecule has 98 valence electrons. The molecule has 1 aromatic rings. The number of carbonyl (C=O) groups is 1. The van der Waals surface area contributed by atoms with Gasteiger partial charge < -0.3 is 10.4 Å². The van der Waals surface area contributed by atoms with Crippen LogP contribution in [0.25, 0.3) is 0 Å². The van der Waals surface area contributed by atoms with Crippen LogP contribution in [0.4, 0.5) is 0 Å². The van der Waals surface area contributed by atoms with E-state index in [1.54, 1.807) is 12.1 Å². The van der Waals surface area contributed by atoms with Crippen LogP contribution in [-0.4, -0.2) is 21.7 Å². The number of aromatic hydroxyl groups is 1. The summed E-state index contributed by atoms with van der Waals surface area (Å²) in [6.45, 7) is 5.85. The van der Waals surface area contributed by atoms with Gasteiger partial charge >= 0.3 is 0 Å². The Hall–Kier alpha value is -1.82. The van der Waals surface area contributed by atoms with Crippen molar-refractivity contribution in [2.24, 2.45) is 0 Å². The molecule has 0 saturated heterocycles. The summed E-state index contributed by atoms with van der Waals surface area (Å²) in [6.07, 6.45) is 0. The molecule has 0 spiro atoms. The summed E-state index contributed by atoms with van der Waals surface area (Å²) in [4.78, 5) is 11.7. The third-order valence-corrected chi connectivity index (χ3v) is 2.13. The maximum absolute atomic E-state index is 11.7. The number of para-hydroxylation sites is 1. The van der Waals surface area contributed by atoms with Gasteiger partial charge in [0.25, 0.3) is 5.91 Å². The van der Waals surface area contributed by atoms with Gasteiger partial charge in [0.1, 0.15) is 5.75 Å². The SMILES string of the molecule is CC(C)(C)NC(=S)NNC(=O)c1ccccc1O. The topological polar surface area (TPSA) is 73.4 Å². The van der Waals surface area contributed by atoms with Gasteiger partial charge in [-0.3, -0.25) is 15.6 Å². The lowest BCUT2D eigenvalue weighted by Gasteiger charge is -2.23. The van der Waals surface area contributed by atoms with E-state index < -0.39 is 5.91 Å². The van der Waals surface area contributed by atoms with Crippen LogP contribution in [0, 0.1) is 0 Å². The molecule has 0 heterocycles. The standard InChI is InChI=1S/C12H17N3O2S/c1-12(2,3)13-11(18)15-14-10(17)8-6-4-5-7-9(8)16/h4-7,16H,1-3H3,(H,14,17)(H2,13,15,18). The molecule has 18 heavy (non-hydrogen) atoms. The first-order valence-corrected chi connectivity index (χ1v) is 5.87. The Morgan fingerprint density at radius 1 is 1.22 bits per heavy atom. The van der Waals surface area contributed by atoms with Crippen LogP contribution in [0.15, 0.2) is 24.3 Å². The third kappa shape index (κ3) is 4.58. The van der Waals surface area contributed by atoms with E-state index in [2.05, 4.69) is 16.2 Å². The van der Waals surface area contributed by atoms with Gasteiger partial charge in [-0.25, -0.2) is 0 Å². The van der Waals surface area contributed by atoms with Crippen molar-refractivity contribution >= 4 is 23.2 Å². The van der Waals surface area contributed by atoms with Crippen LogP contribution in [-0.2, 0) is 0 Å². The highest BCUT2D eigenvalue weighted by atomic mass is 32.1. The Morgan fingerprint density at radius 3 is 2.39 bits per heavy atom. The van der Waals surface area contributed by atoms with Gasteiger partial charge in [-0.05, 0) is 45.1 Å². The zero-order valence-corrected chi connectivity index (χ0v) is 11.4. The monoisotopic (exact) mass is 267 g/mol. The Bertz CT molecular complexity index is 455. The number of hydrazine groups is 1. The molecule has 0 bridgehead atoms. The number of thiocarbonyl (C=S) groups is 1. The minimum Gasteiger partial charge on any atom is -0.507 e.